The van der Waals surface area contributed by atoms with Gasteiger partial charge in [0.25, 0.3) is 5.56 Å². The lowest BCUT2D eigenvalue weighted by Crippen LogP contribution is -2.24. The van der Waals surface area contributed by atoms with Crippen LogP contribution in [0.3, 0.4) is 0 Å². The zero-order valence-corrected chi connectivity index (χ0v) is 10.8. The summed E-state index contributed by atoms with van der Waals surface area (Å²) in [5, 5.41) is 2.79. The summed E-state index contributed by atoms with van der Waals surface area (Å²) in [5.41, 5.74) is 1.12. The predicted octanol–water partition coefficient (Wildman–Crippen LogP) is 2.75. The first kappa shape index (κ1) is 11.0. The van der Waals surface area contributed by atoms with E-state index >= 15 is 0 Å². The van der Waals surface area contributed by atoms with Crippen LogP contribution in [0.5, 0.6) is 0 Å². The first-order valence-electron chi connectivity index (χ1n) is 6.31. The van der Waals surface area contributed by atoms with Crippen LogP contribution in [0.25, 0.3) is 10.9 Å². The highest BCUT2D eigenvalue weighted by atomic mass is 32.1. The van der Waals surface area contributed by atoms with Crippen molar-refractivity contribution in [1.82, 2.24) is 9.55 Å². The molecule has 0 radical (unpaired) electrons. The minimum Gasteiger partial charge on any atom is -0.296 e. The Kier molecular flexibility index (Phi) is 2.74. The zero-order valence-electron chi connectivity index (χ0n) is 10.0. The number of thiophene rings is 1. The van der Waals surface area contributed by atoms with E-state index in [1.165, 1.54) is 11.3 Å². The first-order valence-corrected chi connectivity index (χ1v) is 7.19. The van der Waals surface area contributed by atoms with E-state index in [2.05, 4.69) is 6.92 Å². The smallest absolute Gasteiger partial charge is 0.262 e. The van der Waals surface area contributed by atoms with Crippen LogP contribution in [-0.4, -0.2) is 9.55 Å². The van der Waals surface area contributed by atoms with Gasteiger partial charge in [-0.05, 0) is 19.3 Å². The Bertz CT molecular complexity index is 612. The Morgan fingerprint density at radius 1 is 1.41 bits per heavy atom. The molecule has 0 unspecified atom stereocenters. The van der Waals surface area contributed by atoms with Crippen molar-refractivity contribution >= 4 is 22.2 Å². The fourth-order valence-electron chi connectivity index (χ4n) is 2.52. The van der Waals surface area contributed by atoms with Gasteiger partial charge in [0.05, 0.1) is 10.9 Å². The number of hydrogen-bond acceptors (Lipinski definition) is 3. The van der Waals surface area contributed by atoms with Crippen LogP contribution < -0.4 is 5.56 Å². The predicted molar refractivity (Wildman–Crippen MR) is 70.8 cm³/mol. The van der Waals surface area contributed by atoms with Crippen LogP contribution in [0, 0.1) is 0 Å². The Morgan fingerprint density at radius 3 is 3.12 bits per heavy atom. The molecule has 90 valence electrons. The molecular formula is C13H16N2OS. The van der Waals surface area contributed by atoms with E-state index in [0.29, 0.717) is 0 Å². The van der Waals surface area contributed by atoms with Gasteiger partial charge in [0.1, 0.15) is 5.82 Å². The van der Waals surface area contributed by atoms with Gasteiger partial charge in [-0.1, -0.05) is 13.3 Å². The molecule has 3 rings (SSSR count). The molecule has 0 saturated carbocycles. The third-order valence-corrected chi connectivity index (χ3v) is 4.59. The highest BCUT2D eigenvalue weighted by Crippen LogP contribution is 2.23. The molecule has 0 bridgehead atoms. The number of fused-ring (bicyclic) bond motifs is 2. The van der Waals surface area contributed by atoms with E-state index in [1.807, 2.05) is 9.95 Å². The van der Waals surface area contributed by atoms with Gasteiger partial charge in [-0.25, -0.2) is 4.98 Å². The van der Waals surface area contributed by atoms with Gasteiger partial charge in [-0.3, -0.25) is 9.36 Å². The van der Waals surface area contributed by atoms with Crippen LogP contribution in [0.1, 0.15) is 36.9 Å². The van der Waals surface area contributed by atoms with Crippen molar-refractivity contribution in [2.45, 2.75) is 45.6 Å². The summed E-state index contributed by atoms with van der Waals surface area (Å²) < 4.78 is 1.89. The Balaban J connectivity index is 2.31. The maximum Gasteiger partial charge on any atom is 0.262 e. The quantitative estimate of drug-likeness (QED) is 0.777. The summed E-state index contributed by atoms with van der Waals surface area (Å²) in [6.07, 6.45) is 5.37. The molecule has 0 spiro atoms. The minimum absolute atomic E-state index is 0.169. The molecule has 17 heavy (non-hydrogen) atoms. The van der Waals surface area contributed by atoms with Crippen molar-refractivity contribution in [3.05, 3.63) is 26.4 Å². The van der Waals surface area contributed by atoms with Crippen LogP contribution in [0.4, 0.5) is 0 Å². The van der Waals surface area contributed by atoms with E-state index < -0.39 is 0 Å². The molecule has 0 aliphatic carbocycles. The highest BCUT2D eigenvalue weighted by Gasteiger charge is 2.16. The maximum absolute atomic E-state index is 12.4. The second-order valence-corrected chi connectivity index (χ2v) is 5.53. The van der Waals surface area contributed by atoms with Crippen molar-refractivity contribution in [3.63, 3.8) is 0 Å². The Labute approximate surface area is 104 Å². The fourth-order valence-corrected chi connectivity index (χ4v) is 3.43. The fraction of sp³-hybridized carbons (Fsp3) is 0.538. The van der Waals surface area contributed by atoms with Gasteiger partial charge >= 0.3 is 0 Å². The second-order valence-electron chi connectivity index (χ2n) is 4.57. The molecule has 3 nitrogen and oxygen atoms in total. The monoisotopic (exact) mass is 248 g/mol. The summed E-state index contributed by atoms with van der Waals surface area (Å²) in [7, 11) is 0. The molecule has 1 aliphatic heterocycles. The van der Waals surface area contributed by atoms with Crippen molar-refractivity contribution < 1.29 is 0 Å². The molecule has 0 N–H and O–H groups in total. The van der Waals surface area contributed by atoms with E-state index in [4.69, 9.17) is 4.98 Å². The first-order chi connectivity index (χ1) is 8.31. The summed E-state index contributed by atoms with van der Waals surface area (Å²) in [6.45, 7) is 2.96. The number of nitrogens with zero attached hydrogens (tertiary/aromatic N) is 2. The average Bonchev–Trinajstić information content (AvgIpc) is 2.59. The summed E-state index contributed by atoms with van der Waals surface area (Å²) in [6, 6.07) is 0. The molecule has 4 heteroatoms. The van der Waals surface area contributed by atoms with Gasteiger partial charge < -0.3 is 0 Å². The summed E-state index contributed by atoms with van der Waals surface area (Å²) in [4.78, 5) is 18.4. The molecular weight excluding hydrogens is 232 g/mol. The number of hydrogen-bond donors (Lipinski definition) is 0. The minimum atomic E-state index is 0.169. The number of aromatic nitrogens is 2. The Morgan fingerprint density at radius 2 is 2.29 bits per heavy atom. The molecule has 0 saturated heterocycles. The van der Waals surface area contributed by atoms with Crippen LogP contribution in [0.15, 0.2) is 10.2 Å². The lowest BCUT2D eigenvalue weighted by molar-refractivity contribution is 0.614. The van der Waals surface area contributed by atoms with Gasteiger partial charge in [0.2, 0.25) is 0 Å². The topological polar surface area (TPSA) is 34.9 Å². The lowest BCUT2D eigenvalue weighted by Gasteiger charge is -2.08. The van der Waals surface area contributed by atoms with Gasteiger partial charge in [0, 0.05) is 23.2 Å². The summed E-state index contributed by atoms with van der Waals surface area (Å²) >= 11 is 1.67. The van der Waals surface area contributed by atoms with Crippen molar-refractivity contribution in [1.29, 1.82) is 0 Å². The van der Waals surface area contributed by atoms with E-state index in [9.17, 15) is 4.79 Å². The Hall–Kier alpha value is -1.16. The lowest BCUT2D eigenvalue weighted by atomic mass is 10.2. The van der Waals surface area contributed by atoms with Crippen molar-refractivity contribution in [2.75, 3.05) is 0 Å². The highest BCUT2D eigenvalue weighted by molar-refractivity contribution is 7.11. The van der Waals surface area contributed by atoms with Crippen molar-refractivity contribution in [3.8, 4) is 0 Å². The molecule has 0 amide bonds. The number of aryl methyl sites for hydroxylation is 2. The van der Waals surface area contributed by atoms with Crippen LogP contribution >= 0.6 is 11.3 Å². The molecule has 2 aromatic heterocycles. The maximum atomic E-state index is 12.4. The van der Waals surface area contributed by atoms with E-state index in [1.54, 1.807) is 11.3 Å². The standard InChI is InChI=1S/C13H16N2OS/c1-2-10-12-9(8-17-10)13(16)15-7-5-3-4-6-11(15)14-12/h8H,2-7H2,1H3. The molecule has 3 heterocycles. The van der Waals surface area contributed by atoms with Crippen LogP contribution in [0.2, 0.25) is 0 Å². The second kappa shape index (κ2) is 4.26. The third-order valence-electron chi connectivity index (χ3n) is 3.47. The van der Waals surface area contributed by atoms with Crippen molar-refractivity contribution in [2.24, 2.45) is 0 Å². The van der Waals surface area contributed by atoms with E-state index in [0.717, 1.165) is 49.0 Å². The molecule has 0 fully saturated rings. The molecule has 2 aromatic rings. The molecule has 0 aromatic carbocycles. The zero-order chi connectivity index (χ0) is 11.8. The third kappa shape index (κ3) is 1.71. The molecule has 1 aliphatic rings. The van der Waals surface area contributed by atoms with Crippen LogP contribution in [-0.2, 0) is 19.4 Å². The average molecular weight is 248 g/mol. The summed E-state index contributed by atoms with van der Waals surface area (Å²) in [5.74, 6) is 0.994. The largest absolute Gasteiger partial charge is 0.296 e. The van der Waals surface area contributed by atoms with Gasteiger partial charge in [-0.2, -0.15) is 0 Å². The molecule has 0 atom stereocenters. The van der Waals surface area contributed by atoms with E-state index in [-0.39, 0.29) is 5.56 Å². The normalized spacial score (nSPS) is 15.8. The van der Waals surface area contributed by atoms with Gasteiger partial charge in [-0.15, -0.1) is 11.3 Å². The number of rotatable bonds is 1. The van der Waals surface area contributed by atoms with Gasteiger partial charge in [0.15, 0.2) is 0 Å². The SMILES string of the molecule is CCc1scc2c(=O)n3c(nc12)CCCCC3.